The van der Waals surface area contributed by atoms with Crippen molar-refractivity contribution in [2.45, 2.75) is 103 Å². The molecule has 0 saturated carbocycles. The van der Waals surface area contributed by atoms with E-state index in [9.17, 15) is 30.0 Å². The van der Waals surface area contributed by atoms with Gasteiger partial charge in [-0.25, -0.2) is 0 Å². The number of amides is 2. The molecule has 34 heavy (non-hydrogen) atoms. The first-order valence-electron chi connectivity index (χ1n) is 12.8. The largest absolute Gasteiger partial charge is 0.392 e. The minimum atomic E-state index is -0.529. The lowest BCUT2D eigenvalue weighted by molar-refractivity contribution is -0.137. The van der Waals surface area contributed by atoms with Crippen molar-refractivity contribution in [3.05, 3.63) is 0 Å². The maximum Gasteiger partial charge on any atom is 0.243 e. The molecule has 6 atom stereocenters. The lowest BCUT2D eigenvalue weighted by Gasteiger charge is -2.30. The molecule has 0 aromatic carbocycles. The second-order valence-electron chi connectivity index (χ2n) is 10.0. The lowest BCUT2D eigenvalue weighted by Crippen LogP contribution is -2.61. The third-order valence-electron chi connectivity index (χ3n) is 5.79. The van der Waals surface area contributed by atoms with Crippen molar-refractivity contribution < 1.29 is 30.0 Å². The Kier molecular flexibility index (Phi) is 14.8. The van der Waals surface area contributed by atoms with Gasteiger partial charge < -0.3 is 31.1 Å². The third-order valence-corrected chi connectivity index (χ3v) is 5.79. The number of piperazine rings is 1. The topological polar surface area (TPSA) is 146 Å². The van der Waals surface area contributed by atoms with Crippen LogP contribution in [0.2, 0.25) is 0 Å². The second kappa shape index (κ2) is 16.4. The van der Waals surface area contributed by atoms with Gasteiger partial charge in [0.15, 0.2) is 0 Å². The quantitative estimate of drug-likeness (QED) is 0.141. The van der Waals surface area contributed by atoms with E-state index in [4.69, 9.17) is 0 Å². The monoisotopic (exact) mass is 488 g/mol. The molecule has 0 spiro atoms. The predicted molar refractivity (Wildman–Crippen MR) is 131 cm³/mol. The van der Waals surface area contributed by atoms with Crippen LogP contribution < -0.4 is 10.6 Å². The van der Waals surface area contributed by atoms with Crippen LogP contribution in [0.15, 0.2) is 0 Å². The molecule has 10 heteroatoms. The van der Waals surface area contributed by atoms with Gasteiger partial charge in [0, 0.05) is 26.2 Å². The van der Waals surface area contributed by atoms with Crippen LogP contribution in [-0.2, 0) is 9.59 Å². The van der Waals surface area contributed by atoms with Gasteiger partial charge in [-0.1, -0.05) is 0 Å². The Morgan fingerprint density at radius 1 is 0.618 bits per heavy atom. The van der Waals surface area contributed by atoms with E-state index in [1.165, 1.54) is 0 Å². The summed E-state index contributed by atoms with van der Waals surface area (Å²) in [4.78, 5) is 29.0. The van der Waals surface area contributed by atoms with Crippen LogP contribution >= 0.6 is 0 Å². The first-order chi connectivity index (χ1) is 16.0. The molecule has 0 aromatic heterocycles. The van der Waals surface area contributed by atoms with E-state index in [1.807, 2.05) is 9.80 Å². The SMILES string of the molecule is C[C@H](O)CN(CCCC[C@@H]1NC(=O)[C@H](CCCCN(C[C@H](C)O)C[C@@H](C)O)NC1=O)C[C@H](C)O. The number of unbranched alkanes of at least 4 members (excludes halogenated alkanes) is 2. The van der Waals surface area contributed by atoms with Crippen LogP contribution in [0.5, 0.6) is 0 Å². The Hall–Kier alpha value is -1.30. The zero-order chi connectivity index (χ0) is 25.7. The lowest BCUT2D eigenvalue weighted by atomic mass is 10.0. The van der Waals surface area contributed by atoms with E-state index in [0.29, 0.717) is 52.1 Å². The highest BCUT2D eigenvalue weighted by Gasteiger charge is 2.32. The summed E-state index contributed by atoms with van der Waals surface area (Å²) in [5, 5.41) is 44.1. The van der Waals surface area contributed by atoms with Crippen molar-refractivity contribution in [3.8, 4) is 0 Å². The third kappa shape index (κ3) is 13.6. The molecular formula is C24H48N4O6. The smallest absolute Gasteiger partial charge is 0.243 e. The maximum absolute atomic E-state index is 12.5. The van der Waals surface area contributed by atoms with Crippen LogP contribution in [0, 0.1) is 0 Å². The normalized spacial score (nSPS) is 22.4. The molecule has 0 aliphatic carbocycles. The van der Waals surface area contributed by atoms with Crippen molar-refractivity contribution in [1.29, 1.82) is 0 Å². The van der Waals surface area contributed by atoms with Gasteiger partial charge >= 0.3 is 0 Å². The predicted octanol–water partition coefficient (Wildman–Crippen LogP) is -0.563. The zero-order valence-electron chi connectivity index (χ0n) is 21.4. The number of nitrogens with zero attached hydrogens (tertiary/aromatic N) is 2. The van der Waals surface area contributed by atoms with Crippen LogP contribution in [0.3, 0.4) is 0 Å². The number of aliphatic hydroxyl groups is 4. The van der Waals surface area contributed by atoms with E-state index in [1.54, 1.807) is 27.7 Å². The van der Waals surface area contributed by atoms with Crippen molar-refractivity contribution in [1.82, 2.24) is 20.4 Å². The van der Waals surface area contributed by atoms with E-state index in [2.05, 4.69) is 10.6 Å². The summed E-state index contributed by atoms with van der Waals surface area (Å²) in [6.07, 6.45) is 2.32. The Labute approximate surface area is 204 Å². The van der Waals surface area contributed by atoms with E-state index >= 15 is 0 Å². The average molecular weight is 489 g/mol. The number of hydrogen-bond acceptors (Lipinski definition) is 8. The Morgan fingerprint density at radius 3 is 1.18 bits per heavy atom. The summed E-state index contributed by atoms with van der Waals surface area (Å²) in [5.41, 5.74) is 0. The standard InChI is InChI=1S/C24H48N4O6/c1-17(29)13-27(14-18(2)30)11-7-5-9-21-23(33)26-22(24(34)25-21)10-6-8-12-28(15-19(3)31)16-20(4)32/h17-22,29-32H,5-16H2,1-4H3,(H,25,34)(H,26,33)/t17-,18-,19-,20+,21-,22-/m0/s1. The minimum absolute atomic E-state index is 0.153. The summed E-state index contributed by atoms with van der Waals surface area (Å²) in [6.45, 7) is 10.2. The summed E-state index contributed by atoms with van der Waals surface area (Å²) in [6, 6.07) is -1.06. The zero-order valence-corrected chi connectivity index (χ0v) is 21.4. The van der Waals surface area contributed by atoms with E-state index < -0.39 is 36.5 Å². The van der Waals surface area contributed by atoms with Crippen LogP contribution in [0.25, 0.3) is 0 Å². The average Bonchev–Trinajstić information content (AvgIpc) is 2.69. The van der Waals surface area contributed by atoms with E-state index in [-0.39, 0.29) is 11.8 Å². The number of nitrogens with one attached hydrogen (secondary N) is 2. The van der Waals surface area contributed by atoms with Gasteiger partial charge in [-0.3, -0.25) is 19.4 Å². The summed E-state index contributed by atoms with van der Waals surface area (Å²) in [5.74, 6) is -0.307. The molecule has 0 radical (unpaired) electrons. The Balaban J connectivity index is 2.34. The fraction of sp³-hybridized carbons (Fsp3) is 0.917. The van der Waals surface area contributed by atoms with Gasteiger partial charge in [-0.15, -0.1) is 0 Å². The molecule has 1 fully saturated rings. The second-order valence-corrected chi connectivity index (χ2v) is 10.0. The molecule has 2 amide bonds. The molecule has 0 unspecified atom stereocenters. The number of rotatable bonds is 18. The molecule has 10 nitrogen and oxygen atoms in total. The first kappa shape index (κ1) is 30.7. The molecular weight excluding hydrogens is 440 g/mol. The molecule has 1 rings (SSSR count). The first-order valence-corrected chi connectivity index (χ1v) is 12.8. The van der Waals surface area contributed by atoms with Gasteiger partial charge in [0.2, 0.25) is 11.8 Å². The summed E-state index contributed by atoms with van der Waals surface area (Å²) < 4.78 is 0. The fourth-order valence-electron chi connectivity index (χ4n) is 4.46. The Bertz CT molecular complexity index is 518. The molecule has 200 valence electrons. The molecule has 1 heterocycles. The van der Waals surface area contributed by atoms with Crippen molar-refractivity contribution in [2.75, 3.05) is 39.3 Å². The van der Waals surface area contributed by atoms with Gasteiger partial charge in [0.25, 0.3) is 0 Å². The van der Waals surface area contributed by atoms with Gasteiger partial charge in [-0.05, 0) is 79.3 Å². The van der Waals surface area contributed by atoms with Crippen molar-refractivity contribution in [3.63, 3.8) is 0 Å². The van der Waals surface area contributed by atoms with Gasteiger partial charge in [0.1, 0.15) is 12.1 Å². The van der Waals surface area contributed by atoms with Crippen molar-refractivity contribution in [2.24, 2.45) is 0 Å². The Morgan fingerprint density at radius 2 is 0.912 bits per heavy atom. The van der Waals surface area contributed by atoms with Gasteiger partial charge in [-0.2, -0.15) is 0 Å². The van der Waals surface area contributed by atoms with Crippen LogP contribution in [0.1, 0.15) is 66.2 Å². The number of carbonyl (C=O) groups is 2. The highest BCUT2D eigenvalue weighted by atomic mass is 16.3. The molecule has 0 aromatic rings. The highest BCUT2D eigenvalue weighted by molar-refractivity contribution is 5.96. The minimum Gasteiger partial charge on any atom is -0.392 e. The van der Waals surface area contributed by atoms with Crippen molar-refractivity contribution >= 4 is 11.8 Å². The van der Waals surface area contributed by atoms with Gasteiger partial charge in [0.05, 0.1) is 24.4 Å². The molecule has 1 aliphatic rings. The molecule has 1 aliphatic heterocycles. The maximum atomic E-state index is 12.5. The molecule has 1 saturated heterocycles. The number of aliphatic hydroxyl groups excluding tert-OH is 4. The van der Waals surface area contributed by atoms with Crippen LogP contribution in [-0.4, -0.2) is 118 Å². The number of hydrogen-bond donors (Lipinski definition) is 6. The fourth-order valence-corrected chi connectivity index (χ4v) is 4.46. The number of carbonyl (C=O) groups excluding carboxylic acids is 2. The summed E-state index contributed by atoms with van der Waals surface area (Å²) in [7, 11) is 0. The molecule has 6 N–H and O–H groups in total. The van der Waals surface area contributed by atoms with Crippen LogP contribution in [0.4, 0.5) is 0 Å². The highest BCUT2D eigenvalue weighted by Crippen LogP contribution is 2.12. The van der Waals surface area contributed by atoms with E-state index in [0.717, 1.165) is 25.7 Å². The summed E-state index contributed by atoms with van der Waals surface area (Å²) >= 11 is 0. The molecule has 0 bridgehead atoms.